The van der Waals surface area contributed by atoms with Gasteiger partial charge in [-0.25, -0.2) is 9.78 Å². The smallest absolute Gasteiger partial charge is 0.332 e. The van der Waals surface area contributed by atoms with E-state index in [1.807, 2.05) is 24.3 Å². The van der Waals surface area contributed by atoms with Gasteiger partial charge >= 0.3 is 5.97 Å². The average molecular weight is 280 g/mol. The zero-order valence-electron chi connectivity index (χ0n) is 10.1. The molecule has 1 heterocycles. The summed E-state index contributed by atoms with van der Waals surface area (Å²) >= 11 is 1.35. The van der Waals surface area contributed by atoms with Crippen molar-refractivity contribution in [2.24, 2.45) is 0 Å². The first-order chi connectivity index (χ1) is 9.06. The van der Waals surface area contributed by atoms with Crippen LogP contribution in [0, 0.1) is 0 Å². The molecule has 0 fully saturated rings. The maximum Gasteiger partial charge on any atom is 0.332 e. The van der Waals surface area contributed by atoms with E-state index in [0.29, 0.717) is 5.13 Å². The molecule has 0 aliphatic carbocycles. The van der Waals surface area contributed by atoms with Gasteiger partial charge in [-0.1, -0.05) is 23.5 Å². The van der Waals surface area contributed by atoms with Crippen LogP contribution in [0.5, 0.6) is 0 Å². The molecule has 6 nitrogen and oxygen atoms in total. The number of carbonyl (C=O) groups excluding carboxylic acids is 1. The molecule has 1 aromatic carbocycles. The third-order valence-corrected chi connectivity index (χ3v) is 3.30. The molecular weight excluding hydrogens is 268 g/mol. The molecule has 0 radical (unpaired) electrons. The van der Waals surface area contributed by atoms with Crippen molar-refractivity contribution in [3.8, 4) is 0 Å². The number of hydrogen-bond donors (Lipinski definition) is 2. The van der Waals surface area contributed by atoms with Crippen LogP contribution in [0.3, 0.4) is 0 Å². The van der Waals surface area contributed by atoms with Crippen LogP contribution < -0.4 is 5.32 Å². The lowest BCUT2D eigenvalue weighted by Crippen LogP contribution is -2.26. The van der Waals surface area contributed by atoms with Gasteiger partial charge in [0.2, 0.25) is 0 Å². The third kappa shape index (κ3) is 3.49. The van der Waals surface area contributed by atoms with Gasteiger partial charge in [-0.3, -0.25) is 10.1 Å². The van der Waals surface area contributed by atoms with E-state index >= 15 is 0 Å². The minimum Gasteiger partial charge on any atom is -0.479 e. The summed E-state index contributed by atoms with van der Waals surface area (Å²) in [4.78, 5) is 26.3. The molecule has 0 saturated heterocycles. The first-order valence-corrected chi connectivity index (χ1v) is 6.38. The van der Waals surface area contributed by atoms with Gasteiger partial charge in [0.05, 0.1) is 10.2 Å². The number of thiazole rings is 1. The number of carboxylic acids is 1. The van der Waals surface area contributed by atoms with Gasteiger partial charge in [-0.2, -0.15) is 0 Å². The number of hydrogen-bond acceptors (Lipinski definition) is 5. The fourth-order valence-corrected chi connectivity index (χ4v) is 2.24. The van der Waals surface area contributed by atoms with Crippen molar-refractivity contribution in [1.82, 2.24) is 4.98 Å². The first kappa shape index (κ1) is 13.4. The van der Waals surface area contributed by atoms with Crippen molar-refractivity contribution < 1.29 is 19.4 Å². The number of aliphatic carboxylic acids is 1. The Morgan fingerprint density at radius 1 is 1.47 bits per heavy atom. The first-order valence-electron chi connectivity index (χ1n) is 5.56. The van der Waals surface area contributed by atoms with Gasteiger partial charge in [0.25, 0.3) is 5.91 Å². The summed E-state index contributed by atoms with van der Waals surface area (Å²) in [5.74, 6) is -1.53. The Morgan fingerprint density at radius 2 is 2.21 bits per heavy atom. The van der Waals surface area contributed by atoms with Crippen molar-refractivity contribution in [1.29, 1.82) is 0 Å². The number of benzene rings is 1. The Balaban J connectivity index is 1.93. The standard InChI is InChI=1S/C12H12N2O4S/c1-7(11(16)17)18-6-10(15)14-12-13-8-4-2-3-5-9(8)19-12/h2-5,7H,6H2,1H3,(H,16,17)(H,13,14,15)/t7-/m0/s1. The van der Waals surface area contributed by atoms with Crippen molar-refractivity contribution >= 4 is 38.6 Å². The number of amides is 1. The van der Waals surface area contributed by atoms with Gasteiger partial charge in [-0.15, -0.1) is 0 Å². The summed E-state index contributed by atoms with van der Waals surface area (Å²) in [5.41, 5.74) is 0.808. The van der Waals surface area contributed by atoms with Gasteiger partial charge in [0.15, 0.2) is 11.2 Å². The molecule has 0 aliphatic heterocycles. The maximum atomic E-state index is 11.6. The lowest BCUT2D eigenvalue weighted by molar-refractivity contribution is -0.150. The summed E-state index contributed by atoms with van der Waals surface area (Å²) in [6.45, 7) is 1.05. The van der Waals surface area contributed by atoms with E-state index in [1.54, 1.807) is 0 Å². The number of ether oxygens (including phenoxy) is 1. The number of aromatic nitrogens is 1. The molecule has 0 spiro atoms. The molecule has 0 aliphatic rings. The van der Waals surface area contributed by atoms with E-state index in [-0.39, 0.29) is 6.61 Å². The van der Waals surface area contributed by atoms with Gasteiger partial charge in [-0.05, 0) is 19.1 Å². The number of anilines is 1. The maximum absolute atomic E-state index is 11.6. The molecule has 19 heavy (non-hydrogen) atoms. The molecule has 0 unspecified atom stereocenters. The summed E-state index contributed by atoms with van der Waals surface area (Å²) in [6, 6.07) is 7.52. The quantitative estimate of drug-likeness (QED) is 0.870. The van der Waals surface area contributed by atoms with E-state index in [0.717, 1.165) is 10.2 Å². The van der Waals surface area contributed by atoms with Crippen molar-refractivity contribution in [2.45, 2.75) is 13.0 Å². The Hall–Kier alpha value is -1.99. The molecule has 0 saturated carbocycles. The molecule has 1 amide bonds. The van der Waals surface area contributed by atoms with Crippen molar-refractivity contribution in [3.05, 3.63) is 24.3 Å². The van der Waals surface area contributed by atoms with Crippen LogP contribution in [0.15, 0.2) is 24.3 Å². The highest BCUT2D eigenvalue weighted by atomic mass is 32.1. The average Bonchev–Trinajstić information content (AvgIpc) is 2.77. The zero-order chi connectivity index (χ0) is 13.8. The van der Waals surface area contributed by atoms with Crippen LogP contribution in [0.2, 0.25) is 0 Å². The number of nitrogens with zero attached hydrogens (tertiary/aromatic N) is 1. The van der Waals surface area contributed by atoms with Gasteiger partial charge in [0, 0.05) is 0 Å². The summed E-state index contributed by atoms with van der Waals surface area (Å²) < 4.78 is 5.85. The van der Waals surface area contributed by atoms with Crippen LogP contribution in [0.4, 0.5) is 5.13 Å². The second kappa shape index (κ2) is 5.77. The topological polar surface area (TPSA) is 88.5 Å². The van der Waals surface area contributed by atoms with Gasteiger partial charge in [0.1, 0.15) is 6.61 Å². The van der Waals surface area contributed by atoms with E-state index in [1.165, 1.54) is 18.3 Å². The monoisotopic (exact) mass is 280 g/mol. The Labute approximate surface area is 113 Å². The molecule has 2 rings (SSSR count). The lowest BCUT2D eigenvalue weighted by Gasteiger charge is -2.07. The van der Waals surface area contributed by atoms with E-state index in [2.05, 4.69) is 10.3 Å². The normalized spacial score (nSPS) is 12.3. The molecular formula is C12H12N2O4S. The van der Waals surface area contributed by atoms with E-state index in [4.69, 9.17) is 9.84 Å². The van der Waals surface area contributed by atoms with Crippen molar-refractivity contribution in [3.63, 3.8) is 0 Å². The number of para-hydroxylation sites is 1. The van der Waals surface area contributed by atoms with Crippen LogP contribution in [0.25, 0.3) is 10.2 Å². The molecule has 1 aromatic heterocycles. The summed E-state index contributed by atoms with van der Waals surface area (Å²) in [5, 5.41) is 11.7. The van der Waals surface area contributed by atoms with Crippen LogP contribution in [0.1, 0.15) is 6.92 Å². The number of rotatable bonds is 5. The van der Waals surface area contributed by atoms with Crippen LogP contribution in [-0.4, -0.2) is 34.7 Å². The zero-order valence-corrected chi connectivity index (χ0v) is 10.9. The summed E-state index contributed by atoms with van der Waals surface area (Å²) in [7, 11) is 0. The second-order valence-corrected chi connectivity index (χ2v) is 4.86. The number of carbonyl (C=O) groups is 2. The van der Waals surface area contributed by atoms with Crippen LogP contribution in [-0.2, 0) is 14.3 Å². The SMILES string of the molecule is C[C@H](OCC(=O)Nc1nc2ccccc2s1)C(=O)O. The van der Waals surface area contributed by atoms with Crippen LogP contribution >= 0.6 is 11.3 Å². The minimum absolute atomic E-state index is 0.316. The molecule has 2 aromatic rings. The number of nitrogens with one attached hydrogen (secondary N) is 1. The third-order valence-electron chi connectivity index (χ3n) is 2.35. The fourth-order valence-electron chi connectivity index (χ4n) is 1.35. The molecule has 1 atom stereocenters. The highest BCUT2D eigenvalue weighted by molar-refractivity contribution is 7.22. The molecule has 7 heteroatoms. The Kier molecular flexibility index (Phi) is 4.08. The highest BCUT2D eigenvalue weighted by Crippen LogP contribution is 2.25. The number of fused-ring (bicyclic) bond motifs is 1. The Bertz CT molecular complexity index is 578. The molecule has 100 valence electrons. The summed E-state index contributed by atoms with van der Waals surface area (Å²) in [6.07, 6.45) is -1.01. The molecule has 0 bridgehead atoms. The molecule has 2 N–H and O–H groups in total. The highest BCUT2D eigenvalue weighted by Gasteiger charge is 2.14. The second-order valence-electron chi connectivity index (χ2n) is 3.83. The minimum atomic E-state index is -1.10. The van der Waals surface area contributed by atoms with E-state index in [9.17, 15) is 9.59 Å². The van der Waals surface area contributed by atoms with E-state index < -0.39 is 18.0 Å². The Morgan fingerprint density at radius 3 is 2.89 bits per heavy atom. The van der Waals surface area contributed by atoms with Crippen molar-refractivity contribution in [2.75, 3.05) is 11.9 Å². The van der Waals surface area contributed by atoms with Gasteiger partial charge < -0.3 is 9.84 Å². The lowest BCUT2D eigenvalue weighted by atomic mass is 10.3. The number of carboxylic acid groups (broad SMARTS) is 1. The predicted octanol–water partition coefficient (Wildman–Crippen LogP) is 1.72. The fraction of sp³-hybridized carbons (Fsp3) is 0.250. The predicted molar refractivity (Wildman–Crippen MR) is 71.3 cm³/mol. The largest absolute Gasteiger partial charge is 0.479 e.